The number of nitrogens with zero attached hydrogens (tertiary/aromatic N) is 2. The predicted octanol–water partition coefficient (Wildman–Crippen LogP) is 2.86. The summed E-state index contributed by atoms with van der Waals surface area (Å²) in [6, 6.07) is 7.23. The number of halogens is 2. The van der Waals surface area contributed by atoms with Gasteiger partial charge in [-0.15, -0.1) is 12.4 Å². The molecule has 1 unspecified atom stereocenters. The number of aryl methyl sites for hydroxylation is 1. The van der Waals surface area contributed by atoms with Crippen molar-refractivity contribution in [2.75, 3.05) is 19.6 Å². The van der Waals surface area contributed by atoms with Crippen molar-refractivity contribution in [1.82, 2.24) is 20.8 Å². The Balaban J connectivity index is 0.00000225. The maximum absolute atomic E-state index is 11.9. The van der Waals surface area contributed by atoms with Crippen LogP contribution in [0.2, 0.25) is 5.02 Å². The molecule has 2 heterocycles. The molecule has 1 aromatic heterocycles. The van der Waals surface area contributed by atoms with Gasteiger partial charge in [-0.1, -0.05) is 16.8 Å². The van der Waals surface area contributed by atoms with Gasteiger partial charge in [-0.25, -0.2) is 0 Å². The van der Waals surface area contributed by atoms with Crippen LogP contribution >= 0.6 is 24.0 Å². The van der Waals surface area contributed by atoms with Crippen molar-refractivity contribution in [3.63, 3.8) is 0 Å². The molecule has 1 fully saturated rings. The van der Waals surface area contributed by atoms with Crippen molar-refractivity contribution in [2.24, 2.45) is 5.92 Å². The summed E-state index contributed by atoms with van der Waals surface area (Å²) >= 11 is 5.86. The van der Waals surface area contributed by atoms with E-state index in [1.807, 2.05) is 12.1 Å². The van der Waals surface area contributed by atoms with E-state index in [9.17, 15) is 4.79 Å². The fourth-order valence-corrected chi connectivity index (χ4v) is 2.88. The van der Waals surface area contributed by atoms with Crippen molar-refractivity contribution >= 4 is 29.9 Å². The zero-order chi connectivity index (χ0) is 16.8. The van der Waals surface area contributed by atoms with Crippen LogP contribution in [0.5, 0.6) is 0 Å². The molecule has 0 bridgehead atoms. The van der Waals surface area contributed by atoms with Crippen molar-refractivity contribution in [1.29, 1.82) is 0 Å². The third kappa shape index (κ3) is 5.99. The molecule has 25 heavy (non-hydrogen) atoms. The third-order valence-electron chi connectivity index (χ3n) is 4.17. The molecule has 1 aromatic carbocycles. The molecule has 0 aliphatic carbocycles. The molecule has 0 saturated carbocycles. The maximum Gasteiger partial charge on any atom is 0.227 e. The SMILES string of the molecule is Cl.O=C(CCc1nc(-c2ccc(Cl)cc2)no1)NCCC1CCNC1. The van der Waals surface area contributed by atoms with Crippen LogP contribution in [0.3, 0.4) is 0 Å². The second-order valence-electron chi connectivity index (χ2n) is 6.02. The van der Waals surface area contributed by atoms with Gasteiger partial charge in [0.1, 0.15) is 0 Å². The van der Waals surface area contributed by atoms with Gasteiger partial charge in [-0.3, -0.25) is 4.79 Å². The van der Waals surface area contributed by atoms with Crippen LogP contribution in [-0.4, -0.2) is 35.7 Å². The Morgan fingerprint density at radius 2 is 2.16 bits per heavy atom. The van der Waals surface area contributed by atoms with Gasteiger partial charge >= 0.3 is 0 Å². The first-order valence-electron chi connectivity index (χ1n) is 8.26. The summed E-state index contributed by atoms with van der Waals surface area (Å²) in [5.41, 5.74) is 0.837. The number of carbonyl (C=O) groups is 1. The number of amides is 1. The van der Waals surface area contributed by atoms with Crippen molar-refractivity contribution < 1.29 is 9.32 Å². The fourth-order valence-electron chi connectivity index (χ4n) is 2.76. The lowest BCUT2D eigenvalue weighted by Crippen LogP contribution is -2.26. The molecular weight excluding hydrogens is 363 g/mol. The number of aromatic nitrogens is 2. The number of nitrogens with one attached hydrogen (secondary N) is 2. The summed E-state index contributed by atoms with van der Waals surface area (Å²) in [6.07, 6.45) is 3.02. The van der Waals surface area contributed by atoms with Crippen LogP contribution in [0.1, 0.15) is 25.2 Å². The van der Waals surface area contributed by atoms with Crippen molar-refractivity contribution in [2.45, 2.75) is 25.7 Å². The molecule has 1 saturated heterocycles. The molecule has 2 aromatic rings. The summed E-state index contributed by atoms with van der Waals surface area (Å²) in [4.78, 5) is 16.2. The van der Waals surface area contributed by atoms with Crippen LogP contribution in [0, 0.1) is 5.92 Å². The number of carbonyl (C=O) groups excluding carboxylic acids is 1. The van der Waals surface area contributed by atoms with Gasteiger partial charge in [0.15, 0.2) is 0 Å². The molecular formula is C17H22Cl2N4O2. The quantitative estimate of drug-likeness (QED) is 0.766. The Bertz CT molecular complexity index is 670. The van der Waals surface area contributed by atoms with Crippen LogP contribution in [-0.2, 0) is 11.2 Å². The largest absolute Gasteiger partial charge is 0.356 e. The lowest BCUT2D eigenvalue weighted by atomic mass is 10.1. The normalized spacial score (nSPS) is 16.4. The molecule has 2 N–H and O–H groups in total. The summed E-state index contributed by atoms with van der Waals surface area (Å²) in [5.74, 6) is 1.68. The van der Waals surface area contributed by atoms with Gasteiger partial charge in [0.05, 0.1) is 0 Å². The van der Waals surface area contributed by atoms with E-state index in [-0.39, 0.29) is 18.3 Å². The van der Waals surface area contributed by atoms with E-state index >= 15 is 0 Å². The average molecular weight is 385 g/mol. The highest BCUT2D eigenvalue weighted by molar-refractivity contribution is 6.30. The first-order valence-corrected chi connectivity index (χ1v) is 8.64. The molecule has 0 spiro atoms. The fraction of sp³-hybridized carbons (Fsp3) is 0.471. The van der Waals surface area contributed by atoms with Crippen LogP contribution in [0.25, 0.3) is 11.4 Å². The van der Waals surface area contributed by atoms with E-state index in [0.717, 1.165) is 31.6 Å². The molecule has 8 heteroatoms. The van der Waals surface area contributed by atoms with Crippen molar-refractivity contribution in [3.05, 3.63) is 35.2 Å². The zero-order valence-corrected chi connectivity index (χ0v) is 15.4. The highest BCUT2D eigenvalue weighted by Gasteiger charge is 2.14. The highest BCUT2D eigenvalue weighted by Crippen LogP contribution is 2.19. The van der Waals surface area contributed by atoms with Crippen LogP contribution < -0.4 is 10.6 Å². The molecule has 6 nitrogen and oxygen atoms in total. The molecule has 1 aliphatic heterocycles. The molecule has 1 atom stereocenters. The van der Waals surface area contributed by atoms with Gasteiger partial charge in [0, 0.05) is 30.0 Å². The first-order chi connectivity index (χ1) is 11.7. The zero-order valence-electron chi connectivity index (χ0n) is 13.8. The van der Waals surface area contributed by atoms with Crippen molar-refractivity contribution in [3.8, 4) is 11.4 Å². The monoisotopic (exact) mass is 384 g/mol. The summed E-state index contributed by atoms with van der Waals surface area (Å²) in [6.45, 7) is 2.88. The molecule has 3 rings (SSSR count). The minimum Gasteiger partial charge on any atom is -0.356 e. The van der Waals surface area contributed by atoms with Crippen LogP contribution in [0.15, 0.2) is 28.8 Å². The van der Waals surface area contributed by atoms with Gasteiger partial charge in [-0.05, 0) is 56.1 Å². The summed E-state index contributed by atoms with van der Waals surface area (Å²) < 4.78 is 5.20. The van der Waals surface area contributed by atoms with Gasteiger partial charge < -0.3 is 15.2 Å². The topological polar surface area (TPSA) is 80.0 Å². The van der Waals surface area contributed by atoms with Gasteiger partial charge in [-0.2, -0.15) is 4.98 Å². The standard InChI is InChI=1S/C17H21ClN4O2.ClH/c18-14-3-1-13(2-4-14)17-21-16(24-22-17)6-5-15(23)20-10-8-12-7-9-19-11-12;/h1-4,12,19H,5-11H2,(H,20,23);1H. The minimum atomic E-state index is 0. The molecule has 1 amide bonds. The highest BCUT2D eigenvalue weighted by atomic mass is 35.5. The Morgan fingerprint density at radius 3 is 2.88 bits per heavy atom. The molecule has 0 radical (unpaired) electrons. The number of rotatable bonds is 7. The lowest BCUT2D eigenvalue weighted by molar-refractivity contribution is -0.121. The third-order valence-corrected chi connectivity index (χ3v) is 4.43. The number of benzene rings is 1. The van der Waals surface area contributed by atoms with E-state index in [0.29, 0.717) is 35.5 Å². The maximum atomic E-state index is 11.9. The average Bonchev–Trinajstić information content (AvgIpc) is 3.25. The van der Waals surface area contributed by atoms with E-state index in [2.05, 4.69) is 20.8 Å². The Hall–Kier alpha value is -1.63. The summed E-state index contributed by atoms with van der Waals surface area (Å²) in [7, 11) is 0. The van der Waals surface area contributed by atoms with E-state index in [1.54, 1.807) is 12.1 Å². The number of hydrogen-bond donors (Lipinski definition) is 2. The van der Waals surface area contributed by atoms with Gasteiger partial charge in [0.2, 0.25) is 17.6 Å². The van der Waals surface area contributed by atoms with Gasteiger partial charge in [0.25, 0.3) is 0 Å². The molecule has 136 valence electrons. The Morgan fingerprint density at radius 1 is 1.36 bits per heavy atom. The van der Waals surface area contributed by atoms with E-state index < -0.39 is 0 Å². The van der Waals surface area contributed by atoms with Crippen LogP contribution in [0.4, 0.5) is 0 Å². The first kappa shape index (κ1) is 19.7. The van der Waals surface area contributed by atoms with E-state index in [1.165, 1.54) is 6.42 Å². The number of hydrogen-bond acceptors (Lipinski definition) is 5. The second-order valence-corrected chi connectivity index (χ2v) is 6.45. The Labute approximate surface area is 158 Å². The Kier molecular flexibility index (Phi) is 7.68. The predicted molar refractivity (Wildman–Crippen MR) is 98.9 cm³/mol. The lowest BCUT2D eigenvalue weighted by Gasteiger charge is -2.08. The summed E-state index contributed by atoms with van der Waals surface area (Å²) in [5, 5.41) is 10.9. The minimum absolute atomic E-state index is 0. The second kappa shape index (κ2) is 9.75. The smallest absolute Gasteiger partial charge is 0.227 e. The molecule has 1 aliphatic rings. The van der Waals surface area contributed by atoms with E-state index in [4.69, 9.17) is 16.1 Å².